The van der Waals surface area contributed by atoms with Gasteiger partial charge in [0.15, 0.2) is 0 Å². The van der Waals surface area contributed by atoms with Crippen LogP contribution in [0.15, 0.2) is 0 Å². The lowest BCUT2D eigenvalue weighted by molar-refractivity contribution is -0.136. The number of rotatable bonds is 5. The average Bonchev–Trinajstić information content (AvgIpc) is 2.49. The Hall–Kier alpha value is -0.570. The summed E-state index contributed by atoms with van der Waals surface area (Å²) in [5, 5.41) is 0. The van der Waals surface area contributed by atoms with Crippen LogP contribution in [0.3, 0.4) is 0 Å². The van der Waals surface area contributed by atoms with Crippen LogP contribution in [0.25, 0.3) is 0 Å². The van der Waals surface area contributed by atoms with Crippen molar-refractivity contribution in [2.75, 3.05) is 13.1 Å². The molecule has 1 saturated heterocycles. The zero-order valence-electron chi connectivity index (χ0n) is 13.2. The summed E-state index contributed by atoms with van der Waals surface area (Å²) < 4.78 is 0. The number of hydrogen-bond acceptors (Lipinski definition) is 2. The Bertz CT molecular complexity index is 295. The number of nitrogens with two attached hydrogens (primary N) is 1. The van der Waals surface area contributed by atoms with Gasteiger partial charge in [0.25, 0.3) is 0 Å². The predicted molar refractivity (Wildman–Crippen MR) is 83.4 cm³/mol. The maximum Gasteiger partial charge on any atom is 0.223 e. The van der Waals surface area contributed by atoms with Gasteiger partial charge in [-0.2, -0.15) is 0 Å². The molecular formula is C17H32N2O. The number of amides is 1. The maximum absolute atomic E-state index is 12.6. The number of piperidine rings is 1. The Morgan fingerprint density at radius 1 is 1.10 bits per heavy atom. The highest BCUT2D eigenvalue weighted by Gasteiger charge is 2.29. The van der Waals surface area contributed by atoms with Crippen LogP contribution in [-0.4, -0.2) is 29.9 Å². The fourth-order valence-corrected chi connectivity index (χ4v) is 4.00. The highest BCUT2D eigenvalue weighted by atomic mass is 16.2. The van der Waals surface area contributed by atoms with Crippen molar-refractivity contribution in [2.24, 2.45) is 17.6 Å². The minimum Gasteiger partial charge on any atom is -0.340 e. The minimum atomic E-state index is 0.430. The molecule has 0 aromatic heterocycles. The fourth-order valence-electron chi connectivity index (χ4n) is 4.00. The summed E-state index contributed by atoms with van der Waals surface area (Å²) in [7, 11) is 0. The lowest BCUT2D eigenvalue weighted by atomic mass is 9.80. The number of carbonyl (C=O) groups is 1. The van der Waals surface area contributed by atoms with Crippen molar-refractivity contribution in [1.29, 1.82) is 0 Å². The second kappa shape index (κ2) is 8.02. The minimum absolute atomic E-state index is 0.430. The highest BCUT2D eigenvalue weighted by Crippen LogP contribution is 2.31. The third-order valence-electron chi connectivity index (χ3n) is 5.33. The lowest BCUT2D eigenvalue weighted by Gasteiger charge is -2.37. The van der Waals surface area contributed by atoms with E-state index < -0.39 is 0 Å². The molecule has 2 fully saturated rings. The summed E-state index contributed by atoms with van der Waals surface area (Å²) in [6, 6.07) is 0.529. The van der Waals surface area contributed by atoms with Gasteiger partial charge < -0.3 is 10.6 Å². The first-order valence-electron chi connectivity index (χ1n) is 8.74. The van der Waals surface area contributed by atoms with E-state index in [1.54, 1.807) is 0 Å². The van der Waals surface area contributed by atoms with Crippen molar-refractivity contribution < 1.29 is 4.79 Å². The second-order valence-electron chi connectivity index (χ2n) is 6.85. The summed E-state index contributed by atoms with van der Waals surface area (Å²) in [6.07, 6.45) is 11.8. The molecule has 116 valence electrons. The molecule has 2 N–H and O–H groups in total. The Kier molecular flexibility index (Phi) is 6.34. The monoisotopic (exact) mass is 280 g/mol. The number of hydrogen-bond donors (Lipinski definition) is 1. The molecule has 0 aromatic carbocycles. The van der Waals surface area contributed by atoms with E-state index >= 15 is 0 Å². The van der Waals surface area contributed by atoms with Gasteiger partial charge in [-0.1, -0.05) is 13.3 Å². The predicted octanol–water partition coefficient (Wildman–Crippen LogP) is 3.32. The normalized spacial score (nSPS) is 31.3. The van der Waals surface area contributed by atoms with E-state index in [1.807, 2.05) is 0 Å². The molecule has 1 heterocycles. The summed E-state index contributed by atoms with van der Waals surface area (Å²) in [5.74, 6) is 1.76. The highest BCUT2D eigenvalue weighted by molar-refractivity contribution is 5.76. The smallest absolute Gasteiger partial charge is 0.223 e. The van der Waals surface area contributed by atoms with Crippen LogP contribution in [-0.2, 0) is 4.79 Å². The van der Waals surface area contributed by atoms with Gasteiger partial charge in [-0.3, -0.25) is 4.79 Å². The molecule has 2 aliphatic rings. The summed E-state index contributed by atoms with van der Waals surface area (Å²) in [5.41, 5.74) is 5.74. The van der Waals surface area contributed by atoms with E-state index in [9.17, 15) is 4.79 Å². The molecule has 1 unspecified atom stereocenters. The van der Waals surface area contributed by atoms with E-state index in [1.165, 1.54) is 57.8 Å². The van der Waals surface area contributed by atoms with Crippen molar-refractivity contribution in [3.8, 4) is 0 Å². The molecule has 0 aromatic rings. The SMILES string of the molecule is CCCC1CCCCN1C(=O)CC1CCC(CN)CC1. The molecule has 1 aliphatic heterocycles. The number of nitrogens with zero attached hydrogens (tertiary/aromatic N) is 1. The van der Waals surface area contributed by atoms with E-state index in [4.69, 9.17) is 5.73 Å². The zero-order valence-corrected chi connectivity index (χ0v) is 13.2. The summed E-state index contributed by atoms with van der Waals surface area (Å²) in [6.45, 7) is 4.05. The fraction of sp³-hybridized carbons (Fsp3) is 0.941. The Morgan fingerprint density at radius 3 is 2.45 bits per heavy atom. The van der Waals surface area contributed by atoms with E-state index in [-0.39, 0.29) is 0 Å². The van der Waals surface area contributed by atoms with Gasteiger partial charge in [0.05, 0.1) is 0 Å². The summed E-state index contributed by atoms with van der Waals surface area (Å²) in [4.78, 5) is 14.8. The standard InChI is InChI=1S/C17H32N2O/c1-2-5-16-6-3-4-11-19(16)17(20)12-14-7-9-15(13-18)10-8-14/h14-16H,2-13,18H2,1H3. The van der Waals surface area contributed by atoms with Gasteiger partial charge in [-0.05, 0) is 69.7 Å². The van der Waals surface area contributed by atoms with Crippen LogP contribution in [0, 0.1) is 11.8 Å². The first-order valence-corrected chi connectivity index (χ1v) is 8.74. The lowest BCUT2D eigenvalue weighted by Crippen LogP contribution is -2.44. The van der Waals surface area contributed by atoms with Gasteiger partial charge in [-0.25, -0.2) is 0 Å². The molecule has 0 radical (unpaired) electrons. The van der Waals surface area contributed by atoms with Gasteiger partial charge in [0, 0.05) is 19.0 Å². The van der Waals surface area contributed by atoms with Crippen LogP contribution in [0.2, 0.25) is 0 Å². The van der Waals surface area contributed by atoms with Crippen molar-refractivity contribution in [1.82, 2.24) is 4.90 Å². The molecule has 1 saturated carbocycles. The Balaban J connectivity index is 1.81. The van der Waals surface area contributed by atoms with E-state index in [0.717, 1.165) is 19.5 Å². The quantitative estimate of drug-likeness (QED) is 0.839. The van der Waals surface area contributed by atoms with Gasteiger partial charge in [-0.15, -0.1) is 0 Å². The molecular weight excluding hydrogens is 248 g/mol. The molecule has 1 amide bonds. The molecule has 3 nitrogen and oxygen atoms in total. The Morgan fingerprint density at radius 2 is 1.80 bits per heavy atom. The maximum atomic E-state index is 12.6. The van der Waals surface area contributed by atoms with Crippen molar-refractivity contribution in [2.45, 2.75) is 77.2 Å². The van der Waals surface area contributed by atoms with E-state index in [0.29, 0.717) is 23.8 Å². The van der Waals surface area contributed by atoms with Gasteiger partial charge >= 0.3 is 0 Å². The third-order valence-corrected chi connectivity index (χ3v) is 5.33. The van der Waals surface area contributed by atoms with E-state index in [2.05, 4.69) is 11.8 Å². The topological polar surface area (TPSA) is 46.3 Å². The van der Waals surface area contributed by atoms with Crippen LogP contribution in [0.1, 0.15) is 71.1 Å². The van der Waals surface area contributed by atoms with Crippen molar-refractivity contribution in [3.63, 3.8) is 0 Å². The average molecular weight is 280 g/mol. The largest absolute Gasteiger partial charge is 0.340 e. The molecule has 0 spiro atoms. The molecule has 1 atom stereocenters. The third kappa shape index (κ3) is 4.21. The molecule has 20 heavy (non-hydrogen) atoms. The first kappa shape index (κ1) is 15.8. The van der Waals surface area contributed by atoms with Crippen LogP contribution >= 0.6 is 0 Å². The first-order chi connectivity index (χ1) is 9.74. The van der Waals surface area contributed by atoms with Crippen LogP contribution in [0.4, 0.5) is 0 Å². The van der Waals surface area contributed by atoms with Crippen LogP contribution < -0.4 is 5.73 Å². The zero-order chi connectivity index (χ0) is 14.4. The number of likely N-dealkylation sites (tertiary alicyclic amines) is 1. The second-order valence-corrected chi connectivity index (χ2v) is 6.85. The summed E-state index contributed by atoms with van der Waals surface area (Å²) >= 11 is 0. The van der Waals surface area contributed by atoms with Crippen molar-refractivity contribution in [3.05, 3.63) is 0 Å². The Labute approximate surface area is 124 Å². The van der Waals surface area contributed by atoms with Gasteiger partial charge in [0.1, 0.15) is 0 Å². The molecule has 0 bridgehead atoms. The molecule has 2 rings (SSSR count). The molecule has 3 heteroatoms. The van der Waals surface area contributed by atoms with Crippen molar-refractivity contribution >= 4 is 5.91 Å². The van der Waals surface area contributed by atoms with Crippen LogP contribution in [0.5, 0.6) is 0 Å². The van der Waals surface area contributed by atoms with Gasteiger partial charge in [0.2, 0.25) is 5.91 Å². The molecule has 1 aliphatic carbocycles. The number of carbonyl (C=O) groups excluding carboxylic acids is 1.